The lowest BCUT2D eigenvalue weighted by Crippen LogP contribution is -2.29. The number of carbonyl (C=O) groups is 1. The molecule has 0 unspecified atom stereocenters. The number of pyridine rings is 1. The first kappa shape index (κ1) is 21.8. The molecule has 3 heterocycles. The van der Waals surface area contributed by atoms with Gasteiger partial charge in [-0.3, -0.25) is 9.78 Å². The second-order valence-corrected chi connectivity index (χ2v) is 7.70. The van der Waals surface area contributed by atoms with Crippen LogP contribution in [-0.2, 0) is 9.53 Å². The van der Waals surface area contributed by atoms with E-state index < -0.39 is 0 Å². The van der Waals surface area contributed by atoms with E-state index in [2.05, 4.69) is 15.6 Å². The molecule has 1 aliphatic heterocycles. The smallest absolute Gasteiger partial charge is 0.250 e. The summed E-state index contributed by atoms with van der Waals surface area (Å²) in [6.07, 6.45) is 1.75. The van der Waals surface area contributed by atoms with Crippen LogP contribution in [0.2, 0.25) is 0 Å². The van der Waals surface area contributed by atoms with E-state index in [0.717, 1.165) is 22.9 Å². The van der Waals surface area contributed by atoms with Crippen molar-refractivity contribution < 1.29 is 18.7 Å². The monoisotopic (exact) mass is 452 g/mol. The van der Waals surface area contributed by atoms with Crippen LogP contribution in [0.5, 0.6) is 5.75 Å². The fourth-order valence-corrected chi connectivity index (χ4v) is 4.14. The number of benzene rings is 1. The van der Waals surface area contributed by atoms with Crippen molar-refractivity contribution in [1.29, 1.82) is 0 Å². The normalized spacial score (nSPS) is 17.8. The Hall–Kier alpha value is -3.43. The van der Waals surface area contributed by atoms with Gasteiger partial charge < -0.3 is 29.4 Å². The molecule has 8 nitrogen and oxygen atoms in total. The third kappa shape index (κ3) is 4.30. The number of methoxy groups -OCH3 is 2. The number of amides is 1. The van der Waals surface area contributed by atoms with Crippen LogP contribution < -0.4 is 20.3 Å². The van der Waals surface area contributed by atoms with Gasteiger partial charge in [-0.25, -0.2) is 0 Å². The van der Waals surface area contributed by atoms with Gasteiger partial charge in [-0.05, 0) is 61.6 Å². The molecule has 3 aromatic rings. The van der Waals surface area contributed by atoms with E-state index in [1.807, 2.05) is 54.3 Å². The van der Waals surface area contributed by atoms with Crippen molar-refractivity contribution in [2.45, 2.75) is 19.0 Å². The van der Waals surface area contributed by atoms with Gasteiger partial charge in [0.05, 0.1) is 24.5 Å². The Morgan fingerprint density at radius 1 is 1.25 bits per heavy atom. The third-order valence-corrected chi connectivity index (χ3v) is 5.48. The highest BCUT2D eigenvalue weighted by Crippen LogP contribution is 2.43. The Balaban J connectivity index is 1.77. The molecule has 0 bridgehead atoms. The van der Waals surface area contributed by atoms with E-state index in [-0.39, 0.29) is 24.6 Å². The topological polar surface area (TPSA) is 88.9 Å². The molecule has 32 heavy (non-hydrogen) atoms. The van der Waals surface area contributed by atoms with E-state index >= 15 is 0 Å². The Morgan fingerprint density at radius 2 is 2.09 bits per heavy atom. The summed E-state index contributed by atoms with van der Waals surface area (Å²) in [5.74, 6) is 1.81. The molecule has 9 heteroatoms. The molecule has 0 spiro atoms. The molecule has 1 saturated heterocycles. The maximum absolute atomic E-state index is 12.1. The quantitative estimate of drug-likeness (QED) is 0.524. The Labute approximate surface area is 191 Å². The van der Waals surface area contributed by atoms with E-state index in [1.54, 1.807) is 19.4 Å². The number of rotatable bonds is 7. The molecule has 1 amide bonds. The van der Waals surface area contributed by atoms with E-state index in [1.165, 1.54) is 7.11 Å². The lowest BCUT2D eigenvalue weighted by atomic mass is 10.0. The van der Waals surface area contributed by atoms with Crippen LogP contribution >= 0.6 is 12.2 Å². The second kappa shape index (κ2) is 9.37. The summed E-state index contributed by atoms with van der Waals surface area (Å²) >= 11 is 5.72. The molecule has 2 atom stereocenters. The van der Waals surface area contributed by atoms with Gasteiger partial charge >= 0.3 is 0 Å². The lowest BCUT2D eigenvalue weighted by Gasteiger charge is -2.27. The molecule has 0 saturated carbocycles. The molecule has 0 radical (unpaired) electrons. The number of anilines is 2. The van der Waals surface area contributed by atoms with Crippen molar-refractivity contribution in [2.24, 2.45) is 0 Å². The van der Waals surface area contributed by atoms with Crippen LogP contribution in [-0.4, -0.2) is 36.8 Å². The Bertz CT molecular complexity index is 1120. The predicted molar refractivity (Wildman–Crippen MR) is 125 cm³/mol. The van der Waals surface area contributed by atoms with E-state index in [0.29, 0.717) is 16.5 Å². The molecule has 2 N–H and O–H groups in total. The van der Waals surface area contributed by atoms with Gasteiger partial charge in [-0.1, -0.05) is 6.07 Å². The van der Waals surface area contributed by atoms with Crippen LogP contribution in [0.15, 0.2) is 59.1 Å². The van der Waals surface area contributed by atoms with Gasteiger partial charge in [0.25, 0.3) is 0 Å². The minimum Gasteiger partial charge on any atom is -0.495 e. The van der Waals surface area contributed by atoms with Crippen molar-refractivity contribution in [3.05, 3.63) is 71.9 Å². The minimum atomic E-state index is -0.283. The number of nitrogens with one attached hydrogen (secondary N) is 2. The zero-order valence-corrected chi connectivity index (χ0v) is 18.8. The largest absolute Gasteiger partial charge is 0.495 e. The van der Waals surface area contributed by atoms with Gasteiger partial charge in [0, 0.05) is 19.0 Å². The number of furan rings is 1. The highest BCUT2D eigenvalue weighted by Gasteiger charge is 2.42. The molecule has 166 valence electrons. The fourth-order valence-electron chi connectivity index (χ4n) is 3.80. The average molecular weight is 453 g/mol. The molecular formula is C23H24N4O4S. The molecular weight excluding hydrogens is 428 g/mol. The zero-order valence-electron chi connectivity index (χ0n) is 18.0. The van der Waals surface area contributed by atoms with Gasteiger partial charge in [0.15, 0.2) is 5.11 Å². The van der Waals surface area contributed by atoms with Crippen molar-refractivity contribution in [3.8, 4) is 5.75 Å². The van der Waals surface area contributed by atoms with Crippen molar-refractivity contribution in [2.75, 3.05) is 31.0 Å². The Kier molecular flexibility index (Phi) is 6.38. The van der Waals surface area contributed by atoms with E-state index in [9.17, 15) is 4.79 Å². The van der Waals surface area contributed by atoms with Crippen LogP contribution in [0.4, 0.5) is 11.4 Å². The van der Waals surface area contributed by atoms with Gasteiger partial charge in [-0.15, -0.1) is 0 Å². The van der Waals surface area contributed by atoms with Gasteiger partial charge in [0.1, 0.15) is 29.9 Å². The summed E-state index contributed by atoms with van der Waals surface area (Å²) < 4.78 is 16.4. The number of carbonyl (C=O) groups excluding carboxylic acids is 1. The zero-order chi connectivity index (χ0) is 22.7. The standard InChI is InChI=1S/C23H24N4O4S/c1-14-7-9-19(31-14)22-21(16-6-4-5-11-24-16)26-23(32)27(22)15-8-10-18(30-3)17(12-15)25-20(28)13-29-2/h4-12,21-22H,13H2,1-3H3,(H,25,28)(H,26,32)/t21-,22-/m1/s1. The number of aromatic nitrogens is 1. The predicted octanol–water partition coefficient (Wildman–Crippen LogP) is 3.75. The number of thiocarbonyl (C=S) groups is 1. The highest BCUT2D eigenvalue weighted by molar-refractivity contribution is 7.80. The summed E-state index contributed by atoms with van der Waals surface area (Å²) in [7, 11) is 3.02. The molecule has 4 rings (SSSR count). The summed E-state index contributed by atoms with van der Waals surface area (Å²) in [5, 5.41) is 6.74. The van der Waals surface area contributed by atoms with Crippen LogP contribution in [0, 0.1) is 6.92 Å². The number of hydrogen-bond acceptors (Lipinski definition) is 6. The number of ether oxygens (including phenoxy) is 2. The molecule has 1 aromatic carbocycles. The number of hydrogen-bond donors (Lipinski definition) is 2. The summed E-state index contributed by atoms with van der Waals surface area (Å²) in [5.41, 5.74) is 2.14. The number of aryl methyl sites for hydroxylation is 1. The average Bonchev–Trinajstić information content (AvgIpc) is 3.37. The van der Waals surface area contributed by atoms with Crippen LogP contribution in [0.25, 0.3) is 0 Å². The maximum atomic E-state index is 12.1. The van der Waals surface area contributed by atoms with Crippen molar-refractivity contribution in [1.82, 2.24) is 10.3 Å². The Morgan fingerprint density at radius 3 is 2.75 bits per heavy atom. The van der Waals surface area contributed by atoms with Crippen LogP contribution in [0.3, 0.4) is 0 Å². The summed E-state index contributed by atoms with van der Waals surface area (Å²) in [4.78, 5) is 18.6. The third-order valence-electron chi connectivity index (χ3n) is 5.16. The first-order valence-electron chi connectivity index (χ1n) is 10.1. The van der Waals surface area contributed by atoms with E-state index in [4.69, 9.17) is 26.1 Å². The SMILES string of the molecule is COCC(=O)Nc1cc(N2C(=S)N[C@H](c3ccccn3)[C@H]2c2ccc(C)o2)ccc1OC. The van der Waals surface area contributed by atoms with Crippen molar-refractivity contribution >= 4 is 34.6 Å². The lowest BCUT2D eigenvalue weighted by molar-refractivity contribution is -0.119. The fraction of sp³-hybridized carbons (Fsp3) is 0.261. The minimum absolute atomic E-state index is 0.0624. The first-order chi connectivity index (χ1) is 15.5. The number of nitrogens with zero attached hydrogens (tertiary/aromatic N) is 2. The molecule has 1 aliphatic rings. The maximum Gasteiger partial charge on any atom is 0.250 e. The summed E-state index contributed by atoms with van der Waals surface area (Å²) in [6.45, 7) is 1.84. The molecule has 2 aromatic heterocycles. The first-order valence-corrected chi connectivity index (χ1v) is 10.5. The van der Waals surface area contributed by atoms with Gasteiger partial charge in [-0.2, -0.15) is 0 Å². The van der Waals surface area contributed by atoms with Crippen LogP contribution in [0.1, 0.15) is 29.3 Å². The van der Waals surface area contributed by atoms with Gasteiger partial charge in [0.2, 0.25) is 5.91 Å². The summed E-state index contributed by atoms with van der Waals surface area (Å²) in [6, 6.07) is 14.7. The molecule has 1 fully saturated rings. The molecule has 0 aliphatic carbocycles. The van der Waals surface area contributed by atoms with Crippen molar-refractivity contribution in [3.63, 3.8) is 0 Å². The highest BCUT2D eigenvalue weighted by atomic mass is 32.1. The second-order valence-electron chi connectivity index (χ2n) is 7.31.